The Labute approximate surface area is 130 Å². The minimum atomic E-state index is -3.79. The molecule has 8 heteroatoms. The summed E-state index contributed by atoms with van der Waals surface area (Å²) < 4.78 is 31.7. The zero-order valence-corrected chi connectivity index (χ0v) is 13.8. The van der Waals surface area contributed by atoms with Crippen LogP contribution in [0, 0.1) is 11.8 Å². The number of carbonyl (C=O) groups is 1. The van der Waals surface area contributed by atoms with Crippen LogP contribution in [0.15, 0.2) is 23.2 Å². The smallest absolute Gasteiger partial charge is 0.307 e. The number of nitrogens with one attached hydrogen (secondary N) is 1. The van der Waals surface area contributed by atoms with Gasteiger partial charge < -0.3 is 9.84 Å². The predicted molar refractivity (Wildman–Crippen MR) is 81.2 cm³/mol. The van der Waals surface area contributed by atoms with Crippen LogP contribution in [0.4, 0.5) is 0 Å². The minimum Gasteiger partial charge on any atom is -0.481 e. The van der Waals surface area contributed by atoms with Gasteiger partial charge in [-0.3, -0.25) is 4.79 Å². The van der Waals surface area contributed by atoms with Crippen molar-refractivity contribution in [3.63, 3.8) is 0 Å². The maximum absolute atomic E-state index is 12.1. The molecule has 0 aromatic carbocycles. The van der Waals surface area contributed by atoms with Gasteiger partial charge in [0.05, 0.1) is 18.7 Å². The van der Waals surface area contributed by atoms with Gasteiger partial charge in [-0.25, -0.2) is 18.1 Å². The molecule has 0 aliphatic rings. The van der Waals surface area contributed by atoms with Crippen molar-refractivity contribution in [1.29, 1.82) is 0 Å². The van der Waals surface area contributed by atoms with Gasteiger partial charge in [0, 0.05) is 12.6 Å². The monoisotopic (exact) mass is 330 g/mol. The van der Waals surface area contributed by atoms with E-state index in [1.54, 1.807) is 6.92 Å². The molecule has 124 valence electrons. The summed E-state index contributed by atoms with van der Waals surface area (Å²) in [7, 11) is -3.79. The van der Waals surface area contributed by atoms with E-state index in [0.29, 0.717) is 18.9 Å². The number of carboxylic acid groups (broad SMARTS) is 1. The number of sulfonamides is 1. The van der Waals surface area contributed by atoms with E-state index in [-0.39, 0.29) is 17.4 Å². The highest BCUT2D eigenvalue weighted by Crippen LogP contribution is 2.15. The number of carboxylic acids is 1. The fraction of sp³-hybridized carbons (Fsp3) is 0.571. The van der Waals surface area contributed by atoms with Crippen molar-refractivity contribution in [2.45, 2.75) is 32.1 Å². The maximum Gasteiger partial charge on any atom is 0.307 e. The van der Waals surface area contributed by atoms with Crippen LogP contribution in [0.2, 0.25) is 0 Å². The van der Waals surface area contributed by atoms with E-state index < -0.39 is 21.9 Å². The van der Waals surface area contributed by atoms with Crippen LogP contribution in [-0.2, 0) is 14.8 Å². The Hall–Kier alpha value is -1.67. The highest BCUT2D eigenvalue weighted by Gasteiger charge is 2.22. The number of ether oxygens (including phenoxy) is 1. The van der Waals surface area contributed by atoms with Gasteiger partial charge in [-0.15, -0.1) is 0 Å². The first kappa shape index (κ1) is 18.4. The van der Waals surface area contributed by atoms with Crippen LogP contribution < -0.4 is 9.46 Å². The second-order valence-corrected chi connectivity index (χ2v) is 7.05. The topological polar surface area (TPSA) is 106 Å². The third-order valence-corrected chi connectivity index (χ3v) is 4.35. The van der Waals surface area contributed by atoms with E-state index in [9.17, 15) is 13.2 Å². The molecule has 7 nitrogen and oxygen atoms in total. The molecule has 0 amide bonds. The molecule has 0 saturated carbocycles. The van der Waals surface area contributed by atoms with Crippen LogP contribution in [-0.4, -0.2) is 37.6 Å². The molecule has 0 aliphatic carbocycles. The SMILES string of the molecule is CCOc1ccc(S(=O)(=O)NCC(CC(C)C)C(=O)O)cn1. The van der Waals surface area contributed by atoms with Gasteiger partial charge in [-0.1, -0.05) is 13.8 Å². The molecule has 0 spiro atoms. The molecule has 1 heterocycles. The second kappa shape index (κ2) is 8.09. The third kappa shape index (κ3) is 5.61. The zero-order valence-electron chi connectivity index (χ0n) is 12.9. The molecule has 0 saturated heterocycles. The molecule has 1 atom stereocenters. The van der Waals surface area contributed by atoms with Crippen molar-refractivity contribution in [1.82, 2.24) is 9.71 Å². The van der Waals surface area contributed by atoms with Crippen molar-refractivity contribution in [3.8, 4) is 5.88 Å². The zero-order chi connectivity index (χ0) is 16.8. The van der Waals surface area contributed by atoms with E-state index in [1.807, 2.05) is 13.8 Å². The van der Waals surface area contributed by atoms with Crippen molar-refractivity contribution in [3.05, 3.63) is 18.3 Å². The first-order valence-electron chi connectivity index (χ1n) is 7.07. The fourth-order valence-corrected chi connectivity index (χ4v) is 2.92. The Morgan fingerprint density at radius 1 is 1.41 bits per heavy atom. The summed E-state index contributed by atoms with van der Waals surface area (Å²) in [5.41, 5.74) is 0. The largest absolute Gasteiger partial charge is 0.481 e. The summed E-state index contributed by atoms with van der Waals surface area (Å²) in [5.74, 6) is -1.27. The van der Waals surface area contributed by atoms with Gasteiger partial charge in [-0.05, 0) is 25.3 Å². The highest BCUT2D eigenvalue weighted by atomic mass is 32.2. The number of hydrogen-bond donors (Lipinski definition) is 2. The summed E-state index contributed by atoms with van der Waals surface area (Å²) in [6, 6.07) is 2.83. The molecule has 1 unspecified atom stereocenters. The average molecular weight is 330 g/mol. The van der Waals surface area contributed by atoms with Crippen molar-refractivity contribution < 1.29 is 23.1 Å². The quantitative estimate of drug-likeness (QED) is 0.711. The van der Waals surface area contributed by atoms with E-state index in [4.69, 9.17) is 9.84 Å². The summed E-state index contributed by atoms with van der Waals surface area (Å²) >= 11 is 0. The molecule has 22 heavy (non-hydrogen) atoms. The van der Waals surface area contributed by atoms with Crippen molar-refractivity contribution >= 4 is 16.0 Å². The molecule has 1 aromatic rings. The molecule has 0 aliphatic heterocycles. The lowest BCUT2D eigenvalue weighted by Gasteiger charge is -2.15. The predicted octanol–water partition coefficient (Wildman–Crippen LogP) is 1.51. The van der Waals surface area contributed by atoms with E-state index in [2.05, 4.69) is 9.71 Å². The molecule has 0 fully saturated rings. The lowest BCUT2D eigenvalue weighted by molar-refractivity contribution is -0.142. The van der Waals surface area contributed by atoms with Crippen LogP contribution in [0.5, 0.6) is 5.88 Å². The summed E-state index contributed by atoms with van der Waals surface area (Å²) in [6.07, 6.45) is 1.59. The van der Waals surface area contributed by atoms with Crippen LogP contribution in [0.25, 0.3) is 0 Å². The van der Waals surface area contributed by atoms with Gasteiger partial charge in [0.15, 0.2) is 0 Å². The number of hydrogen-bond acceptors (Lipinski definition) is 5. The number of aliphatic carboxylic acids is 1. The number of aromatic nitrogens is 1. The first-order chi connectivity index (χ1) is 10.3. The van der Waals surface area contributed by atoms with Crippen molar-refractivity contribution in [2.75, 3.05) is 13.2 Å². The van der Waals surface area contributed by atoms with Gasteiger partial charge in [0.25, 0.3) is 0 Å². The number of nitrogens with zero attached hydrogens (tertiary/aromatic N) is 1. The van der Waals surface area contributed by atoms with E-state index in [1.165, 1.54) is 18.3 Å². The standard InChI is InChI=1S/C14H22N2O5S/c1-4-21-13-6-5-12(9-15-13)22(19,20)16-8-11(14(17)18)7-10(2)3/h5-6,9-11,16H,4,7-8H2,1-3H3,(H,17,18). The van der Waals surface area contributed by atoms with Gasteiger partial charge >= 0.3 is 5.97 Å². The molecule has 0 bridgehead atoms. The van der Waals surface area contributed by atoms with Crippen molar-refractivity contribution in [2.24, 2.45) is 11.8 Å². The minimum absolute atomic E-state index is 0.0235. The Morgan fingerprint density at radius 2 is 2.09 bits per heavy atom. The van der Waals surface area contributed by atoms with Crippen LogP contribution >= 0.6 is 0 Å². The van der Waals surface area contributed by atoms with Gasteiger partial charge in [-0.2, -0.15) is 0 Å². The average Bonchev–Trinajstić information content (AvgIpc) is 2.44. The molecule has 2 N–H and O–H groups in total. The fourth-order valence-electron chi connectivity index (χ4n) is 1.89. The summed E-state index contributed by atoms with van der Waals surface area (Å²) in [4.78, 5) is 15.0. The van der Waals surface area contributed by atoms with E-state index in [0.717, 1.165) is 0 Å². The molecule has 0 radical (unpaired) electrons. The molecular weight excluding hydrogens is 308 g/mol. The molecule has 1 rings (SSSR count). The van der Waals surface area contributed by atoms with Crippen LogP contribution in [0.3, 0.4) is 0 Å². The Morgan fingerprint density at radius 3 is 2.55 bits per heavy atom. The first-order valence-corrected chi connectivity index (χ1v) is 8.56. The van der Waals surface area contributed by atoms with Gasteiger partial charge in [0.1, 0.15) is 4.90 Å². The van der Waals surface area contributed by atoms with Gasteiger partial charge in [0.2, 0.25) is 15.9 Å². The third-order valence-electron chi connectivity index (χ3n) is 2.94. The summed E-state index contributed by atoms with van der Waals surface area (Å²) in [6.45, 7) is 5.87. The Balaban J connectivity index is 2.75. The molecular formula is C14H22N2O5S. The van der Waals surface area contributed by atoms with Crippen LogP contribution in [0.1, 0.15) is 27.2 Å². The lowest BCUT2D eigenvalue weighted by Crippen LogP contribution is -2.33. The normalized spacial score (nSPS) is 13.1. The van der Waals surface area contributed by atoms with E-state index >= 15 is 0 Å². The number of pyridine rings is 1. The Kier molecular flexibility index (Phi) is 6.76. The molecule has 1 aromatic heterocycles. The summed E-state index contributed by atoms with van der Waals surface area (Å²) in [5, 5.41) is 9.12. The second-order valence-electron chi connectivity index (χ2n) is 5.28. The Bertz CT molecular complexity index is 584. The number of rotatable bonds is 9. The highest BCUT2D eigenvalue weighted by molar-refractivity contribution is 7.89. The maximum atomic E-state index is 12.1. The lowest BCUT2D eigenvalue weighted by atomic mass is 9.98.